The monoisotopic (exact) mass is 293 g/mol. The zero-order valence-electron chi connectivity index (χ0n) is 10.6. The molecule has 2 aromatic rings. The van der Waals surface area contributed by atoms with E-state index in [2.05, 4.69) is 23.4 Å². The van der Waals surface area contributed by atoms with Gasteiger partial charge in [0.05, 0.1) is 6.04 Å². The molecule has 1 amide bonds. The maximum absolute atomic E-state index is 12.5. The van der Waals surface area contributed by atoms with Gasteiger partial charge < -0.3 is 10.6 Å². The van der Waals surface area contributed by atoms with E-state index in [-0.39, 0.29) is 11.9 Å². The van der Waals surface area contributed by atoms with E-state index in [1.54, 1.807) is 16.7 Å². The molecule has 2 aromatic heterocycles. The van der Waals surface area contributed by atoms with Gasteiger partial charge in [-0.2, -0.15) is 0 Å². The van der Waals surface area contributed by atoms with Crippen LogP contribution in [0.2, 0.25) is 0 Å². The molecule has 1 unspecified atom stereocenters. The fraction of sp³-hybridized carbons (Fsp3) is 0.385. The molecule has 1 aliphatic heterocycles. The standard InChI is InChI=1S/C13H15N3OS2/c1-2-10-8-4-6-18-11(8)3-5-16(10)12(17)9-7-19-13(14)15-9/h4,6-7,10H,2-3,5H2,1H3,(H2,14,15). The number of nitrogen functional groups attached to an aromatic ring is 1. The van der Waals surface area contributed by atoms with Crippen molar-refractivity contribution in [1.29, 1.82) is 0 Å². The van der Waals surface area contributed by atoms with Gasteiger partial charge in [-0.25, -0.2) is 4.98 Å². The molecule has 0 spiro atoms. The van der Waals surface area contributed by atoms with Gasteiger partial charge in [-0.15, -0.1) is 22.7 Å². The fourth-order valence-electron chi connectivity index (χ4n) is 2.61. The highest BCUT2D eigenvalue weighted by Crippen LogP contribution is 2.36. The summed E-state index contributed by atoms with van der Waals surface area (Å²) in [7, 11) is 0. The average Bonchev–Trinajstić information content (AvgIpc) is 3.04. The average molecular weight is 293 g/mol. The molecule has 2 N–H and O–H groups in total. The van der Waals surface area contributed by atoms with E-state index in [1.807, 2.05) is 4.90 Å². The number of carbonyl (C=O) groups excluding carboxylic acids is 1. The van der Waals surface area contributed by atoms with Crippen LogP contribution in [0.25, 0.3) is 0 Å². The van der Waals surface area contributed by atoms with Gasteiger partial charge in [-0.3, -0.25) is 4.79 Å². The van der Waals surface area contributed by atoms with Crippen LogP contribution in [0.1, 0.15) is 40.3 Å². The Morgan fingerprint density at radius 2 is 2.42 bits per heavy atom. The predicted molar refractivity (Wildman–Crippen MR) is 78.6 cm³/mol. The molecule has 4 nitrogen and oxygen atoms in total. The van der Waals surface area contributed by atoms with Crippen LogP contribution in [-0.4, -0.2) is 22.3 Å². The van der Waals surface area contributed by atoms with Crippen molar-refractivity contribution >= 4 is 33.7 Å². The lowest BCUT2D eigenvalue weighted by molar-refractivity contribution is 0.0652. The van der Waals surface area contributed by atoms with E-state index in [9.17, 15) is 4.79 Å². The molecule has 0 aliphatic carbocycles. The minimum absolute atomic E-state index is 0.00310. The maximum atomic E-state index is 12.5. The van der Waals surface area contributed by atoms with Gasteiger partial charge in [0.25, 0.3) is 5.91 Å². The lowest BCUT2D eigenvalue weighted by Gasteiger charge is -2.35. The minimum atomic E-state index is -0.00310. The topological polar surface area (TPSA) is 59.2 Å². The Balaban J connectivity index is 1.91. The van der Waals surface area contributed by atoms with E-state index in [0.29, 0.717) is 10.8 Å². The Kier molecular flexibility index (Phi) is 3.28. The first-order valence-corrected chi connectivity index (χ1v) is 8.05. The number of anilines is 1. The van der Waals surface area contributed by atoms with Crippen LogP contribution >= 0.6 is 22.7 Å². The Bertz CT molecular complexity index is 605. The van der Waals surface area contributed by atoms with Crippen LogP contribution in [-0.2, 0) is 6.42 Å². The fourth-order valence-corrected chi connectivity index (χ4v) is 4.08. The van der Waals surface area contributed by atoms with Gasteiger partial charge in [0.15, 0.2) is 5.13 Å². The summed E-state index contributed by atoms with van der Waals surface area (Å²) in [6, 6.07) is 2.31. The van der Waals surface area contributed by atoms with Crippen molar-refractivity contribution in [3.05, 3.63) is 33.0 Å². The van der Waals surface area contributed by atoms with Crippen molar-refractivity contribution in [2.45, 2.75) is 25.8 Å². The highest BCUT2D eigenvalue weighted by atomic mass is 32.1. The SMILES string of the molecule is CCC1c2ccsc2CCN1C(=O)c1csc(N)n1. The van der Waals surface area contributed by atoms with E-state index in [0.717, 1.165) is 19.4 Å². The molecule has 3 rings (SSSR count). The minimum Gasteiger partial charge on any atom is -0.375 e. The largest absolute Gasteiger partial charge is 0.375 e. The third kappa shape index (κ3) is 2.15. The number of hydrogen-bond donors (Lipinski definition) is 1. The van der Waals surface area contributed by atoms with Crippen molar-refractivity contribution in [2.75, 3.05) is 12.3 Å². The number of carbonyl (C=O) groups is 1. The molecule has 1 aliphatic rings. The zero-order chi connectivity index (χ0) is 13.4. The number of nitrogens with two attached hydrogens (primary N) is 1. The summed E-state index contributed by atoms with van der Waals surface area (Å²) in [5, 5.41) is 4.31. The number of nitrogens with zero attached hydrogens (tertiary/aromatic N) is 2. The number of hydrogen-bond acceptors (Lipinski definition) is 5. The first-order valence-electron chi connectivity index (χ1n) is 6.29. The zero-order valence-corrected chi connectivity index (χ0v) is 12.3. The quantitative estimate of drug-likeness (QED) is 0.926. The van der Waals surface area contributed by atoms with E-state index < -0.39 is 0 Å². The molecule has 3 heterocycles. The third-order valence-corrected chi connectivity index (χ3v) is 5.15. The number of thiazole rings is 1. The van der Waals surface area contributed by atoms with Crippen molar-refractivity contribution in [2.24, 2.45) is 0 Å². The number of aromatic nitrogens is 1. The lowest BCUT2D eigenvalue weighted by atomic mass is 9.97. The number of amides is 1. The normalized spacial score (nSPS) is 18.4. The lowest BCUT2D eigenvalue weighted by Crippen LogP contribution is -2.39. The summed E-state index contributed by atoms with van der Waals surface area (Å²) in [6.07, 6.45) is 1.87. The summed E-state index contributed by atoms with van der Waals surface area (Å²) in [6.45, 7) is 2.88. The Hall–Kier alpha value is -1.40. The summed E-state index contributed by atoms with van der Waals surface area (Å²) in [5.74, 6) is -0.00310. The molecule has 0 saturated heterocycles. The smallest absolute Gasteiger partial charge is 0.273 e. The van der Waals surface area contributed by atoms with Crippen LogP contribution in [0.4, 0.5) is 5.13 Å². The van der Waals surface area contributed by atoms with Crippen LogP contribution in [0, 0.1) is 0 Å². The molecule has 0 radical (unpaired) electrons. The molecule has 0 aromatic carbocycles. The van der Waals surface area contributed by atoms with Crippen molar-refractivity contribution in [3.63, 3.8) is 0 Å². The molecule has 0 fully saturated rings. The summed E-state index contributed by atoms with van der Waals surface area (Å²) in [4.78, 5) is 20.0. The second-order valence-electron chi connectivity index (χ2n) is 4.54. The number of thiophene rings is 1. The van der Waals surface area contributed by atoms with Gasteiger partial charge in [0.2, 0.25) is 0 Å². The second kappa shape index (κ2) is 4.94. The predicted octanol–water partition coefficient (Wildman–Crippen LogP) is 2.94. The van der Waals surface area contributed by atoms with Crippen molar-refractivity contribution < 1.29 is 4.79 Å². The first kappa shape index (κ1) is 12.6. The van der Waals surface area contributed by atoms with Gasteiger partial charge in [-0.1, -0.05) is 6.92 Å². The van der Waals surface area contributed by atoms with Crippen molar-refractivity contribution in [3.8, 4) is 0 Å². The molecule has 19 heavy (non-hydrogen) atoms. The first-order chi connectivity index (χ1) is 9.20. The summed E-state index contributed by atoms with van der Waals surface area (Å²) < 4.78 is 0. The van der Waals surface area contributed by atoms with Gasteiger partial charge in [-0.05, 0) is 29.9 Å². The van der Waals surface area contributed by atoms with Crippen LogP contribution in [0.5, 0.6) is 0 Å². The highest BCUT2D eigenvalue weighted by molar-refractivity contribution is 7.13. The highest BCUT2D eigenvalue weighted by Gasteiger charge is 2.31. The Morgan fingerprint density at radius 3 is 3.11 bits per heavy atom. The molecule has 100 valence electrons. The Labute approximate surface area is 119 Å². The van der Waals surface area contributed by atoms with E-state index in [1.165, 1.54) is 21.8 Å². The maximum Gasteiger partial charge on any atom is 0.273 e. The third-order valence-electron chi connectivity index (χ3n) is 3.48. The molecule has 0 bridgehead atoms. The van der Waals surface area contributed by atoms with Crippen LogP contribution in [0.3, 0.4) is 0 Å². The number of rotatable bonds is 2. The van der Waals surface area contributed by atoms with Crippen molar-refractivity contribution in [1.82, 2.24) is 9.88 Å². The van der Waals surface area contributed by atoms with E-state index >= 15 is 0 Å². The second-order valence-corrected chi connectivity index (χ2v) is 6.43. The molecular weight excluding hydrogens is 278 g/mol. The molecule has 0 saturated carbocycles. The molecular formula is C13H15N3OS2. The van der Waals surface area contributed by atoms with Gasteiger partial charge >= 0.3 is 0 Å². The van der Waals surface area contributed by atoms with E-state index in [4.69, 9.17) is 5.73 Å². The summed E-state index contributed by atoms with van der Waals surface area (Å²) >= 11 is 3.10. The molecule has 6 heteroatoms. The van der Waals surface area contributed by atoms with Crippen LogP contribution in [0.15, 0.2) is 16.8 Å². The number of fused-ring (bicyclic) bond motifs is 1. The van der Waals surface area contributed by atoms with Crippen LogP contribution < -0.4 is 5.73 Å². The molecule has 1 atom stereocenters. The van der Waals surface area contributed by atoms with Gasteiger partial charge in [0.1, 0.15) is 5.69 Å². The Morgan fingerprint density at radius 1 is 1.58 bits per heavy atom. The van der Waals surface area contributed by atoms with Gasteiger partial charge in [0, 0.05) is 16.8 Å². The summed E-state index contributed by atoms with van der Waals surface area (Å²) in [5.41, 5.74) is 7.38.